The summed E-state index contributed by atoms with van der Waals surface area (Å²) in [6, 6.07) is 7.74. The Morgan fingerprint density at radius 2 is 2.00 bits per heavy atom. The first-order chi connectivity index (χ1) is 12.5. The molecule has 2 heterocycles. The van der Waals surface area contributed by atoms with Crippen LogP contribution in [0.3, 0.4) is 0 Å². The van der Waals surface area contributed by atoms with E-state index in [1.807, 2.05) is 0 Å². The molecule has 4 rings (SSSR count). The predicted octanol–water partition coefficient (Wildman–Crippen LogP) is 5.24. The van der Waals surface area contributed by atoms with Crippen LogP contribution in [0, 0.1) is 23.1 Å². The fourth-order valence-corrected chi connectivity index (χ4v) is 4.15. The van der Waals surface area contributed by atoms with E-state index in [0.717, 1.165) is 29.4 Å². The highest BCUT2D eigenvalue weighted by Gasteiger charge is 2.35. The van der Waals surface area contributed by atoms with Crippen LogP contribution in [0.4, 0.5) is 4.39 Å². The molecule has 2 aromatic rings. The molecular formula is C22H24FN3. The Morgan fingerprint density at radius 3 is 2.65 bits per heavy atom. The number of hydrogen-bond donors (Lipinski definition) is 0. The fraction of sp³-hybridized carbons (Fsp3) is 0.409. The van der Waals surface area contributed by atoms with E-state index in [1.165, 1.54) is 25.0 Å². The molecule has 1 saturated carbocycles. The largest absolute Gasteiger partial charge is 0.363 e. The number of benzene rings is 1. The average Bonchev–Trinajstić information content (AvgIpc) is 3.42. The Hall–Kier alpha value is -2.54. The van der Waals surface area contributed by atoms with E-state index in [4.69, 9.17) is 0 Å². The maximum Gasteiger partial charge on any atom is 0.124 e. The molecule has 2 aliphatic rings. The van der Waals surface area contributed by atoms with E-state index in [9.17, 15) is 9.65 Å². The summed E-state index contributed by atoms with van der Waals surface area (Å²) in [6.45, 7) is 7.35. The molecule has 0 radical (unpaired) electrons. The summed E-state index contributed by atoms with van der Waals surface area (Å²) in [5.74, 6) is 0.423. The minimum Gasteiger partial charge on any atom is -0.363 e. The number of halogens is 1. The van der Waals surface area contributed by atoms with Gasteiger partial charge in [0.25, 0.3) is 0 Å². The number of hydrogen-bond acceptors (Lipinski definition) is 2. The summed E-state index contributed by atoms with van der Waals surface area (Å²) in [5, 5.41) is 10.6. The van der Waals surface area contributed by atoms with Crippen molar-refractivity contribution in [1.82, 2.24) is 9.47 Å². The molecule has 1 atom stereocenters. The predicted molar refractivity (Wildman–Crippen MR) is 103 cm³/mol. The number of aromatic nitrogens is 1. The van der Waals surface area contributed by atoms with E-state index in [-0.39, 0.29) is 11.9 Å². The second-order valence-corrected chi connectivity index (χ2v) is 7.67. The van der Waals surface area contributed by atoms with Crippen molar-refractivity contribution in [3.8, 4) is 6.07 Å². The van der Waals surface area contributed by atoms with Crippen molar-refractivity contribution in [2.45, 2.75) is 45.7 Å². The summed E-state index contributed by atoms with van der Waals surface area (Å²) in [5.41, 5.74) is 3.49. The molecule has 1 aliphatic heterocycles. The molecule has 0 N–H and O–H groups in total. The highest BCUT2D eigenvalue weighted by Crippen LogP contribution is 2.41. The lowest BCUT2D eigenvalue weighted by Gasteiger charge is -2.35. The monoisotopic (exact) mass is 349 g/mol. The van der Waals surface area contributed by atoms with E-state index < -0.39 is 0 Å². The van der Waals surface area contributed by atoms with Crippen molar-refractivity contribution in [2.24, 2.45) is 5.92 Å². The average molecular weight is 349 g/mol. The first kappa shape index (κ1) is 16.9. The van der Waals surface area contributed by atoms with Crippen molar-refractivity contribution in [2.75, 3.05) is 6.54 Å². The zero-order valence-corrected chi connectivity index (χ0v) is 15.5. The number of nitriles is 1. The van der Waals surface area contributed by atoms with E-state index >= 15 is 0 Å². The smallest absolute Gasteiger partial charge is 0.124 e. The Bertz CT molecular complexity index is 954. The van der Waals surface area contributed by atoms with Gasteiger partial charge in [0.2, 0.25) is 0 Å². The fourth-order valence-electron chi connectivity index (χ4n) is 4.15. The van der Waals surface area contributed by atoms with E-state index in [2.05, 4.69) is 54.5 Å². The lowest BCUT2D eigenvalue weighted by Crippen LogP contribution is -2.35. The third-order valence-corrected chi connectivity index (χ3v) is 5.63. The first-order valence-corrected chi connectivity index (χ1v) is 9.40. The Labute approximate surface area is 154 Å². The molecular weight excluding hydrogens is 325 g/mol. The molecule has 0 spiro atoms. The van der Waals surface area contributed by atoms with Crippen LogP contribution in [0.1, 0.15) is 50.9 Å². The minimum absolute atomic E-state index is 0.171. The third-order valence-electron chi connectivity index (χ3n) is 5.63. The normalized spacial score (nSPS) is 18.3. The molecule has 0 saturated heterocycles. The molecule has 0 amide bonds. The third kappa shape index (κ3) is 2.63. The van der Waals surface area contributed by atoms with Crippen molar-refractivity contribution >= 4 is 16.6 Å². The summed E-state index contributed by atoms with van der Waals surface area (Å²) in [6.07, 6.45) is 8.88. The minimum atomic E-state index is -0.304. The van der Waals surface area contributed by atoms with Gasteiger partial charge in [0.15, 0.2) is 0 Å². The van der Waals surface area contributed by atoms with Crippen LogP contribution in [0.15, 0.2) is 36.4 Å². The Kier molecular flexibility index (Phi) is 4.11. The summed E-state index contributed by atoms with van der Waals surface area (Å²) in [4.78, 5) is 2.40. The first-order valence-electron chi connectivity index (χ1n) is 9.40. The Morgan fingerprint density at radius 1 is 1.23 bits per heavy atom. The Balaban J connectivity index is 1.97. The molecule has 134 valence electrons. The van der Waals surface area contributed by atoms with Crippen molar-refractivity contribution in [3.05, 3.63) is 53.5 Å². The molecule has 1 fully saturated rings. The molecule has 3 nitrogen and oxygen atoms in total. The van der Waals surface area contributed by atoms with Crippen LogP contribution in [0.5, 0.6) is 0 Å². The van der Waals surface area contributed by atoms with Gasteiger partial charge in [-0.2, -0.15) is 5.26 Å². The van der Waals surface area contributed by atoms with Gasteiger partial charge >= 0.3 is 0 Å². The highest BCUT2D eigenvalue weighted by molar-refractivity contribution is 5.93. The van der Waals surface area contributed by atoms with Gasteiger partial charge in [-0.15, -0.1) is 0 Å². The van der Waals surface area contributed by atoms with Crippen LogP contribution < -0.4 is 0 Å². The number of fused-ring (bicyclic) bond motifs is 1. The van der Waals surface area contributed by atoms with Gasteiger partial charge in [0.1, 0.15) is 11.9 Å². The molecule has 1 aromatic heterocycles. The van der Waals surface area contributed by atoms with Gasteiger partial charge in [0, 0.05) is 24.0 Å². The van der Waals surface area contributed by atoms with Crippen molar-refractivity contribution < 1.29 is 4.39 Å². The molecule has 26 heavy (non-hydrogen) atoms. The molecule has 4 heteroatoms. The zero-order valence-electron chi connectivity index (χ0n) is 15.5. The van der Waals surface area contributed by atoms with E-state index in [0.29, 0.717) is 17.0 Å². The quantitative estimate of drug-likeness (QED) is 0.755. The molecule has 1 aliphatic carbocycles. The lowest BCUT2D eigenvalue weighted by atomic mass is 10.0. The van der Waals surface area contributed by atoms with Crippen LogP contribution >= 0.6 is 0 Å². The maximum atomic E-state index is 13.9. The maximum absolute atomic E-state index is 13.9. The van der Waals surface area contributed by atoms with Crippen molar-refractivity contribution in [3.63, 3.8) is 0 Å². The lowest BCUT2D eigenvalue weighted by molar-refractivity contribution is 0.305. The molecule has 0 bridgehead atoms. The standard InChI is InChI=1S/C22H24FN3/c1-14(2)26-20-10-9-17(23)12-18(20)19(13-24)22(26)21-6-4-5-11-25(21)15(3)16-7-8-16/h4-6,9-10,12,14-16H,7-8,11H2,1-3H3/t15-/m0/s1. The summed E-state index contributed by atoms with van der Waals surface area (Å²) < 4.78 is 16.1. The van der Waals surface area contributed by atoms with Gasteiger partial charge < -0.3 is 9.47 Å². The van der Waals surface area contributed by atoms with Gasteiger partial charge in [-0.3, -0.25) is 0 Å². The van der Waals surface area contributed by atoms with Crippen molar-refractivity contribution in [1.29, 1.82) is 5.26 Å². The van der Waals surface area contributed by atoms with Crippen LogP contribution in [-0.2, 0) is 0 Å². The van der Waals surface area contributed by atoms with Crippen LogP contribution in [0.25, 0.3) is 16.6 Å². The van der Waals surface area contributed by atoms with Crippen LogP contribution in [0.2, 0.25) is 0 Å². The summed E-state index contributed by atoms with van der Waals surface area (Å²) in [7, 11) is 0. The second-order valence-electron chi connectivity index (χ2n) is 7.67. The topological polar surface area (TPSA) is 32.0 Å². The van der Waals surface area contributed by atoms with E-state index in [1.54, 1.807) is 6.07 Å². The molecule has 0 unspecified atom stereocenters. The van der Waals surface area contributed by atoms with Gasteiger partial charge in [-0.05, 0) is 63.8 Å². The highest BCUT2D eigenvalue weighted by atomic mass is 19.1. The SMILES string of the molecule is CC(C)n1c(C2=CC=CCN2[C@@H](C)C2CC2)c(C#N)c2cc(F)ccc21. The number of rotatable bonds is 4. The number of nitrogens with zero attached hydrogens (tertiary/aromatic N) is 3. The van der Waals surface area contributed by atoms with Gasteiger partial charge in [-0.1, -0.05) is 12.2 Å². The zero-order chi connectivity index (χ0) is 18.4. The van der Waals surface area contributed by atoms with Gasteiger partial charge in [-0.25, -0.2) is 4.39 Å². The van der Waals surface area contributed by atoms with Crippen LogP contribution in [-0.4, -0.2) is 22.1 Å². The summed E-state index contributed by atoms with van der Waals surface area (Å²) >= 11 is 0. The second kappa shape index (κ2) is 6.32. The molecule has 1 aromatic carbocycles. The number of allylic oxidation sites excluding steroid dienone is 2. The van der Waals surface area contributed by atoms with Gasteiger partial charge in [0.05, 0.1) is 22.5 Å².